The van der Waals surface area contributed by atoms with Crippen LogP contribution >= 0.6 is 0 Å². The van der Waals surface area contributed by atoms with Gasteiger partial charge in [-0.3, -0.25) is 4.40 Å². The summed E-state index contributed by atoms with van der Waals surface area (Å²) in [5.74, 6) is 5.29. The molecule has 0 radical (unpaired) electrons. The van der Waals surface area contributed by atoms with Gasteiger partial charge in [-0.1, -0.05) is 18.2 Å². The molecule has 0 N–H and O–H groups in total. The molecule has 1 aromatic carbocycles. The third kappa shape index (κ3) is 1.64. The van der Waals surface area contributed by atoms with Crippen LogP contribution in [0.2, 0.25) is 0 Å². The summed E-state index contributed by atoms with van der Waals surface area (Å²) in [5.41, 5.74) is 4.27. The fourth-order valence-electron chi connectivity index (χ4n) is 7.63. The minimum Gasteiger partial charge on any atom is -0.426 e. The molecule has 2 aromatic heterocycles. The topological polar surface area (TPSA) is 33.7 Å². The van der Waals surface area contributed by atoms with Gasteiger partial charge in [-0.05, 0) is 74.3 Å². The maximum absolute atomic E-state index is 6.28. The van der Waals surface area contributed by atoms with E-state index in [2.05, 4.69) is 51.7 Å². The summed E-state index contributed by atoms with van der Waals surface area (Å²) in [6.45, 7) is 3.14. The van der Waals surface area contributed by atoms with Crippen molar-refractivity contribution in [2.45, 2.75) is 51.1 Å². The number of para-hydroxylation sites is 1. The highest BCUT2D eigenvalue weighted by Crippen LogP contribution is 2.67. The SMILES string of the molecule is Cc1ccccc1N1Cc2oc3nccn3c2C12C1CC3CC(C1)CC2C3. The van der Waals surface area contributed by atoms with Gasteiger partial charge in [-0.15, -0.1) is 0 Å². The van der Waals surface area contributed by atoms with Crippen LogP contribution in [0.3, 0.4) is 0 Å². The Morgan fingerprint density at radius 2 is 1.78 bits per heavy atom. The first-order valence-corrected chi connectivity index (χ1v) is 10.5. The zero-order valence-corrected chi connectivity index (χ0v) is 15.8. The average molecular weight is 359 g/mol. The minimum atomic E-state index is 0.0841. The molecule has 0 unspecified atom stereocenters. The normalized spacial score (nSPS) is 36.3. The highest BCUT2D eigenvalue weighted by Gasteiger charge is 2.65. The minimum absolute atomic E-state index is 0.0841. The van der Waals surface area contributed by atoms with Gasteiger partial charge in [0.1, 0.15) is 5.76 Å². The van der Waals surface area contributed by atoms with Gasteiger partial charge < -0.3 is 9.32 Å². The van der Waals surface area contributed by atoms with Gasteiger partial charge in [0.05, 0.1) is 17.8 Å². The quantitative estimate of drug-likeness (QED) is 0.619. The van der Waals surface area contributed by atoms with E-state index in [0.717, 1.165) is 41.8 Å². The maximum Gasteiger partial charge on any atom is 0.306 e. The molecule has 4 aliphatic carbocycles. The van der Waals surface area contributed by atoms with Crippen LogP contribution in [-0.2, 0) is 12.1 Å². The number of hydrogen-bond acceptors (Lipinski definition) is 3. The lowest BCUT2D eigenvalue weighted by atomic mass is 9.47. The van der Waals surface area contributed by atoms with Crippen LogP contribution in [0.1, 0.15) is 49.1 Å². The summed E-state index contributed by atoms with van der Waals surface area (Å²) in [6.07, 6.45) is 11.0. The van der Waals surface area contributed by atoms with Gasteiger partial charge in [-0.25, -0.2) is 4.98 Å². The molecular formula is C23H25N3O. The van der Waals surface area contributed by atoms with Crippen molar-refractivity contribution in [3.05, 3.63) is 53.7 Å². The predicted octanol–water partition coefficient (Wildman–Crippen LogP) is 4.91. The summed E-state index contributed by atoms with van der Waals surface area (Å²) in [7, 11) is 0. The van der Waals surface area contributed by atoms with Crippen LogP contribution in [0.15, 0.2) is 41.1 Å². The van der Waals surface area contributed by atoms with Gasteiger partial charge in [0.25, 0.3) is 0 Å². The molecular weight excluding hydrogens is 334 g/mol. The number of oxazole rings is 1. The maximum atomic E-state index is 6.28. The third-order valence-corrected chi connectivity index (χ3v) is 8.24. The highest BCUT2D eigenvalue weighted by atomic mass is 16.4. The summed E-state index contributed by atoms with van der Waals surface area (Å²) >= 11 is 0. The number of anilines is 1. The van der Waals surface area contributed by atoms with Crippen molar-refractivity contribution < 1.29 is 4.42 Å². The lowest BCUT2D eigenvalue weighted by Crippen LogP contribution is -2.62. The molecule has 8 rings (SSSR count). The van der Waals surface area contributed by atoms with Crippen LogP contribution in [0.25, 0.3) is 5.84 Å². The Hall–Kier alpha value is -2.23. The van der Waals surface area contributed by atoms with E-state index in [1.807, 2.05) is 6.20 Å². The molecule has 4 heteroatoms. The van der Waals surface area contributed by atoms with Crippen molar-refractivity contribution in [1.82, 2.24) is 9.38 Å². The Labute approximate surface area is 159 Å². The summed E-state index contributed by atoms with van der Waals surface area (Å²) in [5, 5.41) is 0. The molecule has 5 aliphatic rings. The molecule has 4 fully saturated rings. The van der Waals surface area contributed by atoms with Gasteiger partial charge in [0.15, 0.2) is 0 Å². The molecule has 4 saturated carbocycles. The summed E-state index contributed by atoms with van der Waals surface area (Å²) in [6, 6.07) is 8.92. The van der Waals surface area contributed by atoms with E-state index >= 15 is 0 Å². The van der Waals surface area contributed by atoms with Crippen LogP contribution in [-0.4, -0.2) is 9.38 Å². The number of fused-ring (bicyclic) bond motifs is 3. The van der Waals surface area contributed by atoms with Crippen molar-refractivity contribution in [2.75, 3.05) is 4.90 Å². The van der Waals surface area contributed by atoms with Crippen LogP contribution in [0, 0.1) is 30.6 Å². The van der Waals surface area contributed by atoms with Crippen molar-refractivity contribution in [3.8, 4) is 0 Å². The summed E-state index contributed by atoms with van der Waals surface area (Å²) in [4.78, 5) is 7.21. The number of nitrogens with zero attached hydrogens (tertiary/aromatic N) is 3. The molecule has 0 atom stereocenters. The van der Waals surface area contributed by atoms with Crippen LogP contribution < -0.4 is 4.90 Å². The zero-order valence-electron chi connectivity index (χ0n) is 15.8. The van der Waals surface area contributed by atoms with Crippen molar-refractivity contribution in [2.24, 2.45) is 23.7 Å². The Morgan fingerprint density at radius 3 is 2.52 bits per heavy atom. The molecule has 1 aliphatic heterocycles. The number of imidazole rings is 1. The Balaban J connectivity index is 1.52. The average Bonchev–Trinajstić information content (AvgIpc) is 3.30. The molecule has 3 heterocycles. The second-order valence-electron chi connectivity index (χ2n) is 9.46. The first kappa shape index (κ1) is 14.8. The zero-order chi connectivity index (χ0) is 17.8. The van der Waals surface area contributed by atoms with E-state index in [9.17, 15) is 0 Å². The highest BCUT2D eigenvalue weighted by molar-refractivity contribution is 5.61. The van der Waals surface area contributed by atoms with Gasteiger partial charge >= 0.3 is 5.84 Å². The third-order valence-electron chi connectivity index (χ3n) is 8.24. The molecule has 4 bridgehead atoms. The molecule has 0 amide bonds. The van der Waals surface area contributed by atoms with Crippen LogP contribution in [0.5, 0.6) is 0 Å². The Morgan fingerprint density at radius 1 is 1.04 bits per heavy atom. The van der Waals surface area contributed by atoms with E-state index in [-0.39, 0.29) is 5.54 Å². The van der Waals surface area contributed by atoms with E-state index in [1.165, 1.54) is 49.0 Å². The predicted molar refractivity (Wildman–Crippen MR) is 104 cm³/mol. The smallest absolute Gasteiger partial charge is 0.306 e. The number of hydrogen-bond donors (Lipinski definition) is 0. The molecule has 0 saturated heterocycles. The monoisotopic (exact) mass is 359 g/mol. The Bertz CT molecular complexity index is 1030. The standard InChI is InChI=1S/C23H25N3O/c1-14-4-2-3-5-19(14)26-13-20-21(25-7-6-24-22(25)27-20)23(26)17-9-15-8-16(11-17)12-18(23)10-15/h2-7,15-18H,8-13H2,1H3. The number of aromatic nitrogens is 2. The number of aryl methyl sites for hydroxylation is 1. The molecule has 27 heavy (non-hydrogen) atoms. The van der Waals surface area contributed by atoms with Gasteiger partial charge in [-0.2, -0.15) is 0 Å². The van der Waals surface area contributed by atoms with E-state index < -0.39 is 0 Å². The molecule has 138 valence electrons. The molecule has 1 spiro atoms. The second kappa shape index (κ2) is 4.78. The van der Waals surface area contributed by atoms with Crippen molar-refractivity contribution >= 4 is 11.5 Å². The number of rotatable bonds is 1. The second-order valence-corrected chi connectivity index (χ2v) is 9.46. The summed E-state index contributed by atoms with van der Waals surface area (Å²) < 4.78 is 8.56. The molecule has 3 aromatic rings. The van der Waals surface area contributed by atoms with Crippen molar-refractivity contribution in [3.63, 3.8) is 0 Å². The number of benzene rings is 1. The Kier molecular flexibility index (Phi) is 2.62. The van der Waals surface area contributed by atoms with E-state index in [4.69, 9.17) is 4.42 Å². The van der Waals surface area contributed by atoms with Crippen LogP contribution in [0.4, 0.5) is 5.69 Å². The van der Waals surface area contributed by atoms with E-state index in [1.54, 1.807) is 0 Å². The largest absolute Gasteiger partial charge is 0.426 e. The first-order chi connectivity index (χ1) is 13.2. The molecule has 4 nitrogen and oxygen atoms in total. The van der Waals surface area contributed by atoms with Gasteiger partial charge in [0, 0.05) is 18.1 Å². The van der Waals surface area contributed by atoms with Gasteiger partial charge in [0.2, 0.25) is 0 Å². The lowest BCUT2D eigenvalue weighted by molar-refractivity contribution is -0.0608. The van der Waals surface area contributed by atoms with E-state index in [0.29, 0.717) is 0 Å². The lowest BCUT2D eigenvalue weighted by Gasteiger charge is -2.63. The van der Waals surface area contributed by atoms with Crippen molar-refractivity contribution in [1.29, 1.82) is 0 Å². The fourth-order valence-corrected chi connectivity index (χ4v) is 7.63. The fraction of sp³-hybridized carbons (Fsp3) is 0.522. The first-order valence-electron chi connectivity index (χ1n) is 10.5.